The van der Waals surface area contributed by atoms with Crippen LogP contribution in [0.5, 0.6) is 11.5 Å². The average molecular weight is 383 g/mol. The van der Waals surface area contributed by atoms with Gasteiger partial charge in [0, 0.05) is 30.1 Å². The van der Waals surface area contributed by atoms with E-state index in [-0.39, 0.29) is 5.78 Å². The van der Waals surface area contributed by atoms with Crippen LogP contribution in [0.1, 0.15) is 23.7 Å². The van der Waals surface area contributed by atoms with Crippen LogP contribution in [-0.4, -0.2) is 22.8 Å². The summed E-state index contributed by atoms with van der Waals surface area (Å²) in [4.78, 5) is 22.5. The van der Waals surface area contributed by atoms with Crippen molar-refractivity contribution in [3.8, 4) is 11.5 Å². The first-order valence-electron chi connectivity index (χ1n) is 9.50. The van der Waals surface area contributed by atoms with Crippen molar-refractivity contribution in [2.24, 2.45) is 0 Å². The Morgan fingerprint density at radius 1 is 0.897 bits per heavy atom. The molecule has 1 heterocycles. The van der Waals surface area contributed by atoms with Crippen molar-refractivity contribution in [1.82, 2.24) is 9.97 Å². The molecule has 0 amide bonds. The summed E-state index contributed by atoms with van der Waals surface area (Å²) in [5.41, 5.74) is 2.60. The highest BCUT2D eigenvalue weighted by molar-refractivity contribution is 5.96. The van der Waals surface area contributed by atoms with E-state index >= 15 is 0 Å². The zero-order valence-electron chi connectivity index (χ0n) is 16.4. The number of ketones is 1. The van der Waals surface area contributed by atoms with Gasteiger partial charge in [-0.15, -0.1) is 0 Å². The van der Waals surface area contributed by atoms with E-state index in [1.165, 1.54) is 0 Å². The smallest absolute Gasteiger partial charge is 0.162 e. The molecule has 0 spiro atoms. The third-order valence-electron chi connectivity index (χ3n) is 4.80. The first-order chi connectivity index (χ1) is 14.2. The van der Waals surface area contributed by atoms with Gasteiger partial charge in [-0.25, -0.2) is 9.97 Å². The fourth-order valence-corrected chi connectivity index (χ4v) is 3.17. The Bertz CT molecular complexity index is 1130. The number of para-hydroxylation sites is 1. The molecule has 0 aliphatic rings. The summed E-state index contributed by atoms with van der Waals surface area (Å²) in [5, 5.41) is 1.000. The minimum atomic E-state index is 0.126. The normalized spacial score (nSPS) is 10.7. The van der Waals surface area contributed by atoms with Crippen molar-refractivity contribution in [2.75, 3.05) is 11.9 Å². The van der Waals surface area contributed by atoms with E-state index in [9.17, 15) is 4.79 Å². The number of hydrogen-bond donors (Lipinski definition) is 0. The van der Waals surface area contributed by atoms with Gasteiger partial charge in [-0.2, -0.15) is 0 Å². The highest BCUT2D eigenvalue weighted by Crippen LogP contribution is 2.30. The van der Waals surface area contributed by atoms with Crippen LogP contribution >= 0.6 is 0 Å². The van der Waals surface area contributed by atoms with Crippen LogP contribution in [0.15, 0.2) is 79.1 Å². The molecule has 29 heavy (non-hydrogen) atoms. The summed E-state index contributed by atoms with van der Waals surface area (Å²) < 4.78 is 5.90. The molecule has 0 bridgehead atoms. The van der Waals surface area contributed by atoms with E-state index in [2.05, 4.69) is 9.97 Å². The van der Waals surface area contributed by atoms with Crippen LogP contribution in [0, 0.1) is 0 Å². The van der Waals surface area contributed by atoms with E-state index in [0.717, 1.165) is 28.2 Å². The molecule has 3 aromatic carbocycles. The van der Waals surface area contributed by atoms with Gasteiger partial charge in [0.25, 0.3) is 0 Å². The summed E-state index contributed by atoms with van der Waals surface area (Å²) in [6.07, 6.45) is 2.08. The number of hydrogen-bond acceptors (Lipinski definition) is 5. The van der Waals surface area contributed by atoms with Gasteiger partial charge in [0.2, 0.25) is 0 Å². The van der Waals surface area contributed by atoms with Crippen molar-refractivity contribution in [1.29, 1.82) is 0 Å². The van der Waals surface area contributed by atoms with E-state index in [1.807, 2.05) is 79.5 Å². The standard InChI is InChI=1S/C24H21N3O2/c1-3-23(28)17-8-12-19(13-9-17)29-20-14-10-18(11-15-20)27(2)24-21-6-4-5-7-22(21)25-16-26-24/h4-16H,3H2,1-2H3. The Kier molecular flexibility index (Phi) is 5.20. The lowest BCUT2D eigenvalue weighted by Gasteiger charge is -2.20. The second-order valence-electron chi connectivity index (χ2n) is 6.67. The molecule has 0 aliphatic carbocycles. The zero-order valence-corrected chi connectivity index (χ0v) is 16.4. The molecule has 0 radical (unpaired) electrons. The predicted molar refractivity (Wildman–Crippen MR) is 115 cm³/mol. The van der Waals surface area contributed by atoms with Gasteiger partial charge in [0.1, 0.15) is 23.6 Å². The molecule has 0 saturated carbocycles. The van der Waals surface area contributed by atoms with Gasteiger partial charge in [-0.1, -0.05) is 19.1 Å². The highest BCUT2D eigenvalue weighted by atomic mass is 16.5. The number of nitrogens with zero attached hydrogens (tertiary/aromatic N) is 3. The molecule has 0 saturated heterocycles. The van der Waals surface area contributed by atoms with Gasteiger partial charge in [-0.05, 0) is 60.7 Å². The SMILES string of the molecule is CCC(=O)c1ccc(Oc2ccc(N(C)c3ncnc4ccccc34)cc2)cc1. The average Bonchev–Trinajstić information content (AvgIpc) is 2.78. The van der Waals surface area contributed by atoms with Gasteiger partial charge in [-0.3, -0.25) is 4.79 Å². The van der Waals surface area contributed by atoms with E-state index in [0.29, 0.717) is 17.7 Å². The van der Waals surface area contributed by atoms with Gasteiger partial charge >= 0.3 is 0 Å². The number of ether oxygens (including phenoxy) is 1. The summed E-state index contributed by atoms with van der Waals surface area (Å²) >= 11 is 0. The first-order valence-corrected chi connectivity index (χ1v) is 9.50. The first kappa shape index (κ1) is 18.6. The van der Waals surface area contributed by atoms with Crippen molar-refractivity contribution in [2.45, 2.75) is 13.3 Å². The van der Waals surface area contributed by atoms with Crippen LogP contribution in [-0.2, 0) is 0 Å². The summed E-state index contributed by atoms with van der Waals surface area (Å²) in [7, 11) is 1.98. The van der Waals surface area contributed by atoms with E-state index in [1.54, 1.807) is 18.5 Å². The van der Waals surface area contributed by atoms with Crippen molar-refractivity contribution >= 4 is 28.2 Å². The summed E-state index contributed by atoms with van der Waals surface area (Å²) in [6.45, 7) is 1.86. The molecule has 0 atom stereocenters. The number of fused-ring (bicyclic) bond motifs is 1. The third-order valence-corrected chi connectivity index (χ3v) is 4.80. The molecule has 0 fully saturated rings. The Morgan fingerprint density at radius 2 is 1.55 bits per heavy atom. The zero-order chi connectivity index (χ0) is 20.2. The lowest BCUT2D eigenvalue weighted by Crippen LogP contribution is -2.11. The Labute approximate surface area is 169 Å². The Hall–Kier alpha value is -3.73. The topological polar surface area (TPSA) is 55.3 Å². The van der Waals surface area contributed by atoms with Crippen LogP contribution in [0.4, 0.5) is 11.5 Å². The minimum absolute atomic E-state index is 0.126. The molecule has 0 aliphatic heterocycles. The van der Waals surface area contributed by atoms with Crippen LogP contribution in [0.3, 0.4) is 0 Å². The van der Waals surface area contributed by atoms with Gasteiger partial charge < -0.3 is 9.64 Å². The maximum absolute atomic E-state index is 11.7. The molecule has 0 N–H and O–H groups in total. The number of Topliss-reactive ketones (excluding diaryl/α,β-unsaturated/α-hetero) is 1. The lowest BCUT2D eigenvalue weighted by atomic mass is 10.1. The second kappa shape index (κ2) is 8.10. The molecule has 4 aromatic rings. The fourth-order valence-electron chi connectivity index (χ4n) is 3.17. The van der Waals surface area contributed by atoms with Crippen molar-refractivity contribution in [3.63, 3.8) is 0 Å². The van der Waals surface area contributed by atoms with Crippen molar-refractivity contribution in [3.05, 3.63) is 84.7 Å². The Balaban J connectivity index is 1.52. The number of carbonyl (C=O) groups excluding carboxylic acids is 1. The number of rotatable bonds is 6. The quantitative estimate of drug-likeness (QED) is 0.395. The maximum atomic E-state index is 11.7. The van der Waals surface area contributed by atoms with Crippen LogP contribution in [0.25, 0.3) is 10.9 Å². The summed E-state index contributed by atoms with van der Waals surface area (Å²) in [5.74, 6) is 2.39. The number of aromatic nitrogens is 2. The Morgan fingerprint density at radius 3 is 2.24 bits per heavy atom. The second-order valence-corrected chi connectivity index (χ2v) is 6.67. The third kappa shape index (κ3) is 3.94. The molecule has 4 rings (SSSR count). The highest BCUT2D eigenvalue weighted by Gasteiger charge is 2.10. The molecular formula is C24H21N3O2. The largest absolute Gasteiger partial charge is 0.457 e. The molecule has 0 unspecified atom stereocenters. The molecule has 144 valence electrons. The van der Waals surface area contributed by atoms with E-state index in [4.69, 9.17) is 4.74 Å². The van der Waals surface area contributed by atoms with Crippen LogP contribution in [0.2, 0.25) is 0 Å². The number of benzene rings is 3. The molecule has 5 heteroatoms. The monoisotopic (exact) mass is 383 g/mol. The summed E-state index contributed by atoms with van der Waals surface area (Å²) in [6, 6.07) is 23.0. The molecular weight excluding hydrogens is 362 g/mol. The fraction of sp³-hybridized carbons (Fsp3) is 0.125. The minimum Gasteiger partial charge on any atom is -0.457 e. The molecule has 1 aromatic heterocycles. The van der Waals surface area contributed by atoms with E-state index < -0.39 is 0 Å². The lowest BCUT2D eigenvalue weighted by molar-refractivity contribution is 0.0988. The molecule has 5 nitrogen and oxygen atoms in total. The van der Waals surface area contributed by atoms with Gasteiger partial charge in [0.05, 0.1) is 5.52 Å². The van der Waals surface area contributed by atoms with Gasteiger partial charge in [0.15, 0.2) is 5.78 Å². The van der Waals surface area contributed by atoms with Crippen LogP contribution < -0.4 is 9.64 Å². The van der Waals surface area contributed by atoms with Crippen molar-refractivity contribution < 1.29 is 9.53 Å². The number of carbonyl (C=O) groups is 1. The number of anilines is 2. The maximum Gasteiger partial charge on any atom is 0.162 e. The predicted octanol–water partition coefficient (Wildman–Crippen LogP) is 5.78.